The van der Waals surface area contributed by atoms with Gasteiger partial charge in [-0.2, -0.15) is 0 Å². The Bertz CT molecular complexity index is 944. The molecule has 0 spiro atoms. The van der Waals surface area contributed by atoms with Crippen molar-refractivity contribution in [2.45, 2.75) is 39.2 Å². The number of ether oxygens (including phenoxy) is 2. The van der Waals surface area contributed by atoms with Gasteiger partial charge in [0.1, 0.15) is 11.5 Å². The first-order valence-electron chi connectivity index (χ1n) is 9.73. The molecule has 150 valence electrons. The van der Waals surface area contributed by atoms with E-state index in [2.05, 4.69) is 26.1 Å². The molecule has 0 aliphatic heterocycles. The highest BCUT2D eigenvalue weighted by Crippen LogP contribution is 2.29. The molecule has 0 saturated heterocycles. The van der Waals surface area contributed by atoms with Crippen molar-refractivity contribution < 1.29 is 14.3 Å². The van der Waals surface area contributed by atoms with Crippen molar-refractivity contribution in [3.63, 3.8) is 0 Å². The zero-order valence-electron chi connectivity index (χ0n) is 17.3. The molecular weight excluding hydrogens is 362 g/mol. The molecule has 3 aromatic rings. The number of benzene rings is 3. The predicted octanol–water partition coefficient (Wildman–Crippen LogP) is 6.18. The second-order valence-corrected chi connectivity index (χ2v) is 7.93. The standard InChI is InChI=1S/C25H27NO3/c1-18(28-21-16-14-19(15-17-21)25(2,3)4)24(27)26-22-12-8-9-13-23(22)29-20-10-6-5-7-11-20/h5-18H,1-4H3,(H,26,27). The maximum absolute atomic E-state index is 12.7. The first kappa shape index (κ1) is 20.5. The number of carbonyl (C=O) groups excluding carboxylic acids is 1. The highest BCUT2D eigenvalue weighted by molar-refractivity contribution is 5.95. The van der Waals surface area contributed by atoms with Crippen LogP contribution in [0.25, 0.3) is 0 Å². The number of hydrogen-bond donors (Lipinski definition) is 1. The van der Waals surface area contributed by atoms with Gasteiger partial charge in [0.2, 0.25) is 0 Å². The Labute approximate surface area is 172 Å². The third kappa shape index (κ3) is 5.61. The van der Waals surface area contributed by atoms with E-state index in [1.165, 1.54) is 5.56 Å². The molecule has 0 saturated carbocycles. The topological polar surface area (TPSA) is 47.6 Å². The van der Waals surface area contributed by atoms with Gasteiger partial charge in [0.05, 0.1) is 5.69 Å². The Kier molecular flexibility index (Phi) is 6.23. The van der Waals surface area contributed by atoms with Gasteiger partial charge >= 0.3 is 0 Å². The van der Waals surface area contributed by atoms with Gasteiger partial charge in [0, 0.05) is 0 Å². The number of para-hydroxylation sites is 3. The number of amides is 1. The average Bonchev–Trinajstić information content (AvgIpc) is 2.70. The second-order valence-electron chi connectivity index (χ2n) is 7.93. The molecule has 3 aromatic carbocycles. The summed E-state index contributed by atoms with van der Waals surface area (Å²) in [5, 5.41) is 2.90. The van der Waals surface area contributed by atoms with Crippen LogP contribution in [-0.2, 0) is 10.2 Å². The summed E-state index contributed by atoms with van der Waals surface area (Å²) in [6.45, 7) is 8.21. The molecule has 0 fully saturated rings. The van der Waals surface area contributed by atoms with Crippen LogP contribution in [0.5, 0.6) is 17.2 Å². The predicted molar refractivity (Wildman–Crippen MR) is 117 cm³/mol. The monoisotopic (exact) mass is 389 g/mol. The molecule has 3 rings (SSSR count). The van der Waals surface area contributed by atoms with Crippen LogP contribution in [0.2, 0.25) is 0 Å². The lowest BCUT2D eigenvalue weighted by Crippen LogP contribution is -2.30. The average molecular weight is 389 g/mol. The normalized spacial score (nSPS) is 12.1. The van der Waals surface area contributed by atoms with Gasteiger partial charge in [-0.15, -0.1) is 0 Å². The summed E-state index contributed by atoms with van der Waals surface area (Å²) in [5.74, 6) is 1.70. The van der Waals surface area contributed by atoms with E-state index < -0.39 is 6.10 Å². The molecule has 1 amide bonds. The summed E-state index contributed by atoms with van der Waals surface area (Å²) in [6, 6.07) is 24.7. The minimum Gasteiger partial charge on any atom is -0.481 e. The van der Waals surface area contributed by atoms with Crippen molar-refractivity contribution in [2.75, 3.05) is 5.32 Å². The Morgan fingerprint density at radius 1 is 0.828 bits per heavy atom. The van der Waals surface area contributed by atoms with Crippen molar-refractivity contribution in [3.05, 3.63) is 84.4 Å². The fraction of sp³-hybridized carbons (Fsp3) is 0.240. The fourth-order valence-corrected chi connectivity index (χ4v) is 2.80. The largest absolute Gasteiger partial charge is 0.481 e. The van der Waals surface area contributed by atoms with Gasteiger partial charge < -0.3 is 14.8 Å². The first-order valence-corrected chi connectivity index (χ1v) is 9.73. The molecule has 29 heavy (non-hydrogen) atoms. The number of rotatable bonds is 6. The number of hydrogen-bond acceptors (Lipinski definition) is 3. The van der Waals surface area contributed by atoms with E-state index in [0.717, 1.165) is 0 Å². The number of anilines is 1. The molecule has 0 aliphatic carbocycles. The van der Waals surface area contributed by atoms with Crippen molar-refractivity contribution in [1.29, 1.82) is 0 Å². The molecule has 0 radical (unpaired) electrons. The molecule has 0 aromatic heterocycles. The second kappa shape index (κ2) is 8.82. The van der Waals surface area contributed by atoms with Gasteiger partial charge in [-0.25, -0.2) is 0 Å². The molecular formula is C25H27NO3. The number of carbonyl (C=O) groups is 1. The molecule has 0 bridgehead atoms. The molecule has 1 atom stereocenters. The minimum absolute atomic E-state index is 0.0734. The number of nitrogens with one attached hydrogen (secondary N) is 1. The molecule has 1 N–H and O–H groups in total. The summed E-state index contributed by atoms with van der Waals surface area (Å²) < 4.78 is 11.7. The SMILES string of the molecule is CC(Oc1ccc(C(C)(C)C)cc1)C(=O)Nc1ccccc1Oc1ccccc1. The van der Waals surface area contributed by atoms with E-state index in [1.54, 1.807) is 13.0 Å². The lowest BCUT2D eigenvalue weighted by Gasteiger charge is -2.20. The van der Waals surface area contributed by atoms with Crippen molar-refractivity contribution >= 4 is 11.6 Å². The Morgan fingerprint density at radius 3 is 2.10 bits per heavy atom. The zero-order chi connectivity index (χ0) is 20.9. The lowest BCUT2D eigenvalue weighted by atomic mass is 9.87. The Balaban J connectivity index is 1.65. The van der Waals surface area contributed by atoms with Crippen LogP contribution in [-0.4, -0.2) is 12.0 Å². The van der Waals surface area contributed by atoms with Crippen molar-refractivity contribution in [1.82, 2.24) is 0 Å². The summed E-state index contributed by atoms with van der Waals surface area (Å²) in [5.41, 5.74) is 1.89. The van der Waals surface area contributed by atoms with Crippen LogP contribution >= 0.6 is 0 Å². The molecule has 0 aliphatic rings. The van der Waals surface area contributed by atoms with Gasteiger partial charge in [0.15, 0.2) is 11.9 Å². The zero-order valence-corrected chi connectivity index (χ0v) is 17.3. The van der Waals surface area contributed by atoms with Gasteiger partial charge in [-0.05, 0) is 54.3 Å². The summed E-state index contributed by atoms with van der Waals surface area (Å²) in [4.78, 5) is 12.7. The van der Waals surface area contributed by atoms with Gasteiger partial charge in [0.25, 0.3) is 5.91 Å². The molecule has 4 nitrogen and oxygen atoms in total. The molecule has 0 heterocycles. The third-order valence-corrected chi connectivity index (χ3v) is 4.52. The van der Waals surface area contributed by atoms with Crippen LogP contribution in [0.1, 0.15) is 33.3 Å². The van der Waals surface area contributed by atoms with E-state index in [4.69, 9.17) is 9.47 Å². The van der Waals surface area contributed by atoms with Crippen LogP contribution in [0.4, 0.5) is 5.69 Å². The maximum Gasteiger partial charge on any atom is 0.265 e. The van der Waals surface area contributed by atoms with Crippen LogP contribution in [0.15, 0.2) is 78.9 Å². The fourth-order valence-electron chi connectivity index (χ4n) is 2.80. The molecule has 4 heteroatoms. The molecule has 1 unspecified atom stereocenters. The Hall–Kier alpha value is -3.27. The van der Waals surface area contributed by atoms with Gasteiger partial charge in [-0.3, -0.25) is 4.79 Å². The highest BCUT2D eigenvalue weighted by Gasteiger charge is 2.18. The summed E-state index contributed by atoms with van der Waals surface area (Å²) >= 11 is 0. The van der Waals surface area contributed by atoms with E-state index >= 15 is 0 Å². The van der Waals surface area contributed by atoms with E-state index in [1.807, 2.05) is 72.8 Å². The summed E-state index contributed by atoms with van der Waals surface area (Å²) in [7, 11) is 0. The first-order chi connectivity index (χ1) is 13.8. The maximum atomic E-state index is 12.7. The van der Waals surface area contributed by atoms with Crippen molar-refractivity contribution in [2.24, 2.45) is 0 Å². The van der Waals surface area contributed by atoms with Crippen LogP contribution in [0, 0.1) is 0 Å². The van der Waals surface area contributed by atoms with Crippen molar-refractivity contribution in [3.8, 4) is 17.2 Å². The quantitative estimate of drug-likeness (QED) is 0.547. The Morgan fingerprint density at radius 2 is 1.45 bits per heavy atom. The highest BCUT2D eigenvalue weighted by atomic mass is 16.5. The van der Waals surface area contributed by atoms with Crippen LogP contribution in [0.3, 0.4) is 0 Å². The van der Waals surface area contributed by atoms with E-state index in [0.29, 0.717) is 22.9 Å². The summed E-state index contributed by atoms with van der Waals surface area (Å²) in [6.07, 6.45) is -0.653. The lowest BCUT2D eigenvalue weighted by molar-refractivity contribution is -0.122. The minimum atomic E-state index is -0.653. The van der Waals surface area contributed by atoms with Gasteiger partial charge in [-0.1, -0.05) is 63.2 Å². The third-order valence-electron chi connectivity index (χ3n) is 4.52. The van der Waals surface area contributed by atoms with E-state index in [-0.39, 0.29) is 11.3 Å². The smallest absolute Gasteiger partial charge is 0.265 e. The van der Waals surface area contributed by atoms with E-state index in [9.17, 15) is 4.79 Å². The van der Waals surface area contributed by atoms with Crippen LogP contribution < -0.4 is 14.8 Å².